The number of fused-ring (bicyclic) bond motifs is 1. The largest absolute Gasteiger partial charge is 0.343 e. The Kier molecular flexibility index (Phi) is 8.17. The Morgan fingerprint density at radius 1 is 0.935 bits per heavy atom. The maximum absolute atomic E-state index is 12.4. The number of nitrogens with zero attached hydrogens (tertiary/aromatic N) is 1. The first-order valence-electron chi connectivity index (χ1n) is 10.9. The average Bonchev–Trinajstić information content (AvgIpc) is 3.13. The number of aryl methyl sites for hydroxylation is 3. The summed E-state index contributed by atoms with van der Waals surface area (Å²) >= 11 is 0. The van der Waals surface area contributed by atoms with Crippen molar-refractivity contribution in [2.75, 3.05) is 0 Å². The van der Waals surface area contributed by atoms with Crippen LogP contribution in [0.3, 0.4) is 0 Å². The summed E-state index contributed by atoms with van der Waals surface area (Å²) in [6, 6.07) is 23.7. The maximum atomic E-state index is 12.4. The van der Waals surface area contributed by atoms with Crippen LogP contribution in [0.25, 0.3) is 10.9 Å². The maximum Gasteiger partial charge on any atom is 0.123 e. The minimum Gasteiger partial charge on any atom is -0.343 e. The fraction of sp³-hybridized carbons (Fsp3) is 0.250. The topological polar surface area (TPSA) is 22.0 Å². The molecule has 0 atom stereocenters. The summed E-state index contributed by atoms with van der Waals surface area (Å²) in [4.78, 5) is 10.5. The molecule has 31 heavy (non-hydrogen) atoms. The molecule has 1 heterocycles. The lowest BCUT2D eigenvalue weighted by Gasteiger charge is -2.08. The number of carbonyl (C=O) groups excluding carboxylic acids is 1. The fourth-order valence-corrected chi connectivity index (χ4v) is 3.76. The lowest BCUT2D eigenvalue weighted by Crippen LogP contribution is -1.99. The molecule has 3 heteroatoms. The molecule has 0 spiro atoms. The zero-order valence-corrected chi connectivity index (χ0v) is 18.4. The average molecular weight is 416 g/mol. The van der Waals surface area contributed by atoms with Gasteiger partial charge in [-0.25, -0.2) is 4.39 Å². The van der Waals surface area contributed by atoms with Crippen LogP contribution in [-0.4, -0.2) is 10.9 Å². The molecule has 0 fully saturated rings. The van der Waals surface area contributed by atoms with Crippen LogP contribution in [0, 0.1) is 12.7 Å². The van der Waals surface area contributed by atoms with Gasteiger partial charge in [0.2, 0.25) is 0 Å². The van der Waals surface area contributed by atoms with E-state index in [1.54, 1.807) is 12.1 Å². The first kappa shape index (κ1) is 22.5. The molecule has 0 radical (unpaired) electrons. The van der Waals surface area contributed by atoms with Gasteiger partial charge in [-0.05, 0) is 66.6 Å². The van der Waals surface area contributed by atoms with E-state index in [4.69, 9.17) is 0 Å². The number of hydrogen-bond donors (Lipinski definition) is 0. The van der Waals surface area contributed by atoms with Crippen LogP contribution in [0.4, 0.5) is 4.39 Å². The second-order valence-corrected chi connectivity index (χ2v) is 7.77. The van der Waals surface area contributed by atoms with Crippen molar-refractivity contribution in [3.8, 4) is 0 Å². The van der Waals surface area contributed by atoms with Gasteiger partial charge in [0.05, 0.1) is 0 Å². The van der Waals surface area contributed by atoms with Crippen molar-refractivity contribution in [1.29, 1.82) is 0 Å². The molecule has 160 valence electrons. The van der Waals surface area contributed by atoms with Crippen molar-refractivity contribution in [1.82, 2.24) is 4.57 Å². The van der Waals surface area contributed by atoms with E-state index in [0.29, 0.717) is 6.42 Å². The Morgan fingerprint density at radius 2 is 1.71 bits per heavy atom. The lowest BCUT2D eigenvalue weighted by atomic mass is 10.1. The third-order valence-corrected chi connectivity index (χ3v) is 5.54. The molecule has 0 N–H and O–H groups in total. The number of halogens is 1. The van der Waals surface area contributed by atoms with E-state index < -0.39 is 0 Å². The molecular weight excluding hydrogens is 385 g/mol. The molecule has 0 saturated heterocycles. The normalized spacial score (nSPS) is 10.5. The summed E-state index contributed by atoms with van der Waals surface area (Å²) in [5.41, 5.74) is 6.33. The first-order chi connectivity index (χ1) is 15.1. The Labute approximate surface area is 184 Å². The van der Waals surface area contributed by atoms with Gasteiger partial charge in [-0.1, -0.05) is 61.5 Å². The van der Waals surface area contributed by atoms with Crippen LogP contribution < -0.4 is 0 Å². The molecule has 0 bridgehead atoms. The molecule has 4 aromatic rings. The van der Waals surface area contributed by atoms with Crippen LogP contribution in [0.2, 0.25) is 0 Å². The molecule has 0 aliphatic heterocycles. The van der Waals surface area contributed by atoms with Crippen LogP contribution in [0.1, 0.15) is 42.0 Å². The summed E-state index contributed by atoms with van der Waals surface area (Å²) < 4.78 is 14.7. The number of aldehydes is 1. The predicted octanol–water partition coefficient (Wildman–Crippen LogP) is 6.91. The highest BCUT2D eigenvalue weighted by atomic mass is 19.1. The highest BCUT2D eigenvalue weighted by Crippen LogP contribution is 2.24. The minimum absolute atomic E-state index is 0.144. The van der Waals surface area contributed by atoms with Crippen molar-refractivity contribution in [3.05, 3.63) is 107 Å². The van der Waals surface area contributed by atoms with Gasteiger partial charge in [-0.3, -0.25) is 0 Å². The summed E-state index contributed by atoms with van der Waals surface area (Å²) in [6.07, 6.45) is 6.67. The zero-order chi connectivity index (χ0) is 22.1. The number of benzene rings is 3. The zero-order valence-electron chi connectivity index (χ0n) is 18.4. The number of hydrogen-bond acceptors (Lipinski definition) is 1. The van der Waals surface area contributed by atoms with Gasteiger partial charge in [0, 0.05) is 30.1 Å². The highest BCUT2D eigenvalue weighted by Gasteiger charge is 2.09. The van der Waals surface area contributed by atoms with Crippen molar-refractivity contribution < 1.29 is 9.18 Å². The smallest absolute Gasteiger partial charge is 0.123 e. The van der Waals surface area contributed by atoms with Gasteiger partial charge in [-0.15, -0.1) is 0 Å². The number of para-hydroxylation sites is 1. The third-order valence-electron chi connectivity index (χ3n) is 5.54. The van der Waals surface area contributed by atoms with E-state index in [1.807, 2.05) is 13.0 Å². The number of rotatable bonds is 7. The van der Waals surface area contributed by atoms with Gasteiger partial charge < -0.3 is 9.36 Å². The van der Waals surface area contributed by atoms with Gasteiger partial charge >= 0.3 is 0 Å². The Hall–Kier alpha value is -3.20. The SMILES string of the molecule is CCc1cccc(F)c1.Cc1ccccc1Cn1cc(CCCC=O)c2ccccc21. The molecule has 3 aromatic carbocycles. The number of aromatic nitrogens is 1. The summed E-state index contributed by atoms with van der Waals surface area (Å²) in [6.45, 7) is 5.06. The second kappa shape index (κ2) is 11.3. The molecule has 4 rings (SSSR count). The molecule has 0 amide bonds. The van der Waals surface area contributed by atoms with Crippen LogP contribution in [0.5, 0.6) is 0 Å². The molecule has 0 saturated carbocycles. The van der Waals surface area contributed by atoms with Gasteiger partial charge in [0.25, 0.3) is 0 Å². The van der Waals surface area contributed by atoms with Gasteiger partial charge in [0.15, 0.2) is 0 Å². The highest BCUT2D eigenvalue weighted by molar-refractivity contribution is 5.84. The number of carbonyl (C=O) groups is 1. The fourth-order valence-electron chi connectivity index (χ4n) is 3.76. The third kappa shape index (κ3) is 6.14. The summed E-state index contributed by atoms with van der Waals surface area (Å²) in [7, 11) is 0. The van der Waals surface area contributed by atoms with Gasteiger partial charge in [0.1, 0.15) is 12.1 Å². The monoisotopic (exact) mass is 415 g/mol. The van der Waals surface area contributed by atoms with Crippen molar-refractivity contribution >= 4 is 17.2 Å². The van der Waals surface area contributed by atoms with Crippen LogP contribution in [-0.2, 0) is 24.2 Å². The van der Waals surface area contributed by atoms with Crippen LogP contribution in [0.15, 0.2) is 79.0 Å². The minimum atomic E-state index is -0.144. The second-order valence-electron chi connectivity index (χ2n) is 7.77. The molecule has 0 aliphatic rings. The predicted molar refractivity (Wildman–Crippen MR) is 127 cm³/mol. The van der Waals surface area contributed by atoms with E-state index in [1.165, 1.54) is 33.7 Å². The van der Waals surface area contributed by atoms with Gasteiger partial charge in [-0.2, -0.15) is 0 Å². The van der Waals surface area contributed by atoms with Crippen molar-refractivity contribution in [2.24, 2.45) is 0 Å². The molecular formula is C28H30FNO. The lowest BCUT2D eigenvalue weighted by molar-refractivity contribution is -0.107. The Bertz CT molecular complexity index is 1130. The van der Waals surface area contributed by atoms with E-state index in [-0.39, 0.29) is 5.82 Å². The molecule has 0 aliphatic carbocycles. The summed E-state index contributed by atoms with van der Waals surface area (Å²) in [5, 5.41) is 1.31. The molecule has 1 aromatic heterocycles. The Morgan fingerprint density at radius 3 is 2.42 bits per heavy atom. The van der Waals surface area contributed by atoms with Crippen molar-refractivity contribution in [3.63, 3.8) is 0 Å². The summed E-state index contributed by atoms with van der Waals surface area (Å²) in [5.74, 6) is -0.144. The van der Waals surface area contributed by atoms with E-state index >= 15 is 0 Å². The van der Waals surface area contributed by atoms with Crippen molar-refractivity contribution in [2.45, 2.75) is 46.1 Å². The number of unbranched alkanes of at least 4 members (excludes halogenated alkanes) is 1. The van der Waals surface area contributed by atoms with Crippen LogP contribution >= 0.6 is 0 Å². The Balaban J connectivity index is 0.000000254. The van der Waals surface area contributed by atoms with E-state index in [9.17, 15) is 9.18 Å². The standard InChI is InChI=1S/C20H21NO.C8H9F/c1-16-8-2-3-9-17(16)14-21-15-18(10-6-7-13-22)19-11-4-5-12-20(19)21;1-2-7-4-3-5-8(9)6-7/h2-5,8-9,11-13,15H,6-7,10,14H2,1H3;3-6H,2H2,1H3. The van der Waals surface area contributed by atoms with E-state index in [2.05, 4.69) is 66.2 Å². The van der Waals surface area contributed by atoms with E-state index in [0.717, 1.165) is 37.7 Å². The molecule has 0 unspecified atom stereocenters. The molecule has 2 nitrogen and oxygen atoms in total. The first-order valence-corrected chi connectivity index (χ1v) is 10.9. The quantitative estimate of drug-likeness (QED) is 0.237.